The van der Waals surface area contributed by atoms with Crippen LogP contribution in [0.15, 0.2) is 49.2 Å². The van der Waals surface area contributed by atoms with E-state index in [-0.39, 0.29) is 5.25 Å². The van der Waals surface area contributed by atoms with Gasteiger partial charge in [0.25, 0.3) is 10.0 Å². The SMILES string of the molecule is CN(C)CC1CC(CNc2cc(Nc3ccnc(-c4cnn(S(=O)(=O)C5CC5)c4)n3)ncc2-c2ccn(C(F)F)n2)C1. The Kier molecular flexibility index (Phi) is 7.62. The van der Waals surface area contributed by atoms with Crippen molar-refractivity contribution in [1.82, 2.24) is 38.8 Å². The van der Waals surface area contributed by atoms with Crippen LogP contribution in [0.2, 0.25) is 0 Å². The monoisotopic (exact) mass is 598 g/mol. The molecule has 6 rings (SSSR count). The van der Waals surface area contributed by atoms with Crippen molar-refractivity contribution in [3.8, 4) is 22.6 Å². The molecule has 0 atom stereocenters. The smallest absolute Gasteiger partial charge is 0.333 e. The predicted octanol–water partition coefficient (Wildman–Crippen LogP) is 4.08. The third-order valence-corrected chi connectivity index (χ3v) is 9.50. The normalized spacial score (nSPS) is 18.8. The summed E-state index contributed by atoms with van der Waals surface area (Å²) in [5.41, 5.74) is 2.18. The highest BCUT2D eigenvalue weighted by molar-refractivity contribution is 7.90. The van der Waals surface area contributed by atoms with E-state index >= 15 is 0 Å². The van der Waals surface area contributed by atoms with Crippen LogP contribution in [0.25, 0.3) is 22.6 Å². The van der Waals surface area contributed by atoms with Gasteiger partial charge in [-0.1, -0.05) is 0 Å². The van der Waals surface area contributed by atoms with Crippen LogP contribution in [0.5, 0.6) is 0 Å². The largest absolute Gasteiger partial charge is 0.384 e. The number of alkyl halides is 2. The highest BCUT2D eigenvalue weighted by Crippen LogP contribution is 2.36. The Morgan fingerprint density at radius 2 is 1.90 bits per heavy atom. The first-order valence-electron chi connectivity index (χ1n) is 13.8. The van der Waals surface area contributed by atoms with Gasteiger partial charge in [0.1, 0.15) is 11.6 Å². The zero-order chi connectivity index (χ0) is 29.4. The third kappa shape index (κ3) is 6.11. The summed E-state index contributed by atoms with van der Waals surface area (Å²) in [7, 11) is 0.659. The van der Waals surface area contributed by atoms with Crippen molar-refractivity contribution >= 4 is 27.3 Å². The van der Waals surface area contributed by atoms with Crippen LogP contribution in [0, 0.1) is 11.8 Å². The standard InChI is InChI=1S/C27H32F2N10O2S/c1-37(2)15-18-9-17(10-18)12-31-23-11-25(32-14-21(23)22-6-8-38(36-22)27(28)29)34-24-5-7-30-26(35-24)19-13-33-39(16-19)42(40,41)20-3-4-20/h5-8,11,13-14,16-18,20,27H,3-4,9-10,12,15H2,1-2H3,(H2,30,31,32,34,35). The van der Waals surface area contributed by atoms with E-state index in [9.17, 15) is 17.2 Å². The van der Waals surface area contributed by atoms with E-state index in [0.29, 0.717) is 69.3 Å². The number of rotatable bonds is 12. The molecule has 0 amide bonds. The van der Waals surface area contributed by atoms with Gasteiger partial charge in [-0.15, -0.1) is 0 Å². The van der Waals surface area contributed by atoms with Gasteiger partial charge < -0.3 is 15.5 Å². The molecule has 2 aliphatic carbocycles. The molecule has 4 heterocycles. The predicted molar refractivity (Wildman–Crippen MR) is 154 cm³/mol. The molecule has 0 saturated heterocycles. The minimum Gasteiger partial charge on any atom is -0.384 e. The van der Waals surface area contributed by atoms with E-state index in [1.165, 1.54) is 24.7 Å². The molecule has 0 bridgehead atoms. The second-order valence-corrected chi connectivity index (χ2v) is 13.2. The molecule has 4 aromatic heterocycles. The molecule has 0 aromatic carbocycles. The third-order valence-electron chi connectivity index (χ3n) is 7.46. The zero-order valence-corrected chi connectivity index (χ0v) is 24.0. The van der Waals surface area contributed by atoms with Crippen LogP contribution in [0.3, 0.4) is 0 Å². The fourth-order valence-corrected chi connectivity index (χ4v) is 6.68. The minimum absolute atomic E-state index is 0.307. The van der Waals surface area contributed by atoms with Gasteiger partial charge in [-0.2, -0.15) is 23.1 Å². The van der Waals surface area contributed by atoms with Crippen LogP contribution < -0.4 is 10.6 Å². The number of nitrogens with one attached hydrogen (secondary N) is 2. The van der Waals surface area contributed by atoms with Crippen molar-refractivity contribution in [2.75, 3.05) is 37.8 Å². The highest BCUT2D eigenvalue weighted by atomic mass is 32.2. The summed E-state index contributed by atoms with van der Waals surface area (Å²) in [5, 5.41) is 14.3. The molecule has 2 aliphatic rings. The Balaban J connectivity index is 1.21. The van der Waals surface area contributed by atoms with Gasteiger partial charge in [-0.3, -0.25) is 0 Å². The van der Waals surface area contributed by atoms with Crippen molar-refractivity contribution in [1.29, 1.82) is 0 Å². The lowest BCUT2D eigenvalue weighted by Gasteiger charge is -2.37. The summed E-state index contributed by atoms with van der Waals surface area (Å²) in [6.45, 7) is -0.934. The van der Waals surface area contributed by atoms with Crippen molar-refractivity contribution in [2.45, 2.75) is 37.5 Å². The summed E-state index contributed by atoms with van der Waals surface area (Å²) in [6.07, 6.45) is 10.8. The Morgan fingerprint density at radius 1 is 1.10 bits per heavy atom. The molecule has 12 nitrogen and oxygen atoms in total. The fraction of sp³-hybridized carbons (Fsp3) is 0.444. The van der Waals surface area contributed by atoms with E-state index in [1.807, 2.05) is 0 Å². The maximum Gasteiger partial charge on any atom is 0.333 e. The molecule has 2 N–H and O–H groups in total. The highest BCUT2D eigenvalue weighted by Gasteiger charge is 2.37. The van der Waals surface area contributed by atoms with Gasteiger partial charge in [0, 0.05) is 49.0 Å². The van der Waals surface area contributed by atoms with Crippen molar-refractivity contribution in [3.63, 3.8) is 0 Å². The van der Waals surface area contributed by atoms with Gasteiger partial charge in [-0.05, 0) is 63.7 Å². The Bertz CT molecular complexity index is 1660. The van der Waals surface area contributed by atoms with Gasteiger partial charge in [0.2, 0.25) is 0 Å². The number of hydrogen-bond acceptors (Lipinski definition) is 10. The number of pyridine rings is 1. The second-order valence-electron chi connectivity index (χ2n) is 11.2. The molecule has 2 fully saturated rings. The average molecular weight is 599 g/mol. The molecule has 2 saturated carbocycles. The summed E-state index contributed by atoms with van der Waals surface area (Å²) in [4.78, 5) is 15.5. The number of anilines is 3. The van der Waals surface area contributed by atoms with E-state index in [1.54, 1.807) is 24.5 Å². The van der Waals surface area contributed by atoms with Crippen LogP contribution >= 0.6 is 0 Å². The Labute approximate surface area is 242 Å². The molecule has 0 radical (unpaired) electrons. The first-order chi connectivity index (χ1) is 20.2. The van der Waals surface area contributed by atoms with Crippen LogP contribution in [0.4, 0.5) is 26.1 Å². The van der Waals surface area contributed by atoms with Crippen molar-refractivity contribution in [3.05, 3.63) is 49.2 Å². The van der Waals surface area contributed by atoms with Crippen LogP contribution in [-0.4, -0.2) is 79.7 Å². The van der Waals surface area contributed by atoms with Crippen LogP contribution in [0.1, 0.15) is 32.2 Å². The maximum absolute atomic E-state index is 13.2. The lowest BCUT2D eigenvalue weighted by atomic mass is 9.74. The topological polar surface area (TPSA) is 136 Å². The Morgan fingerprint density at radius 3 is 2.62 bits per heavy atom. The molecular weight excluding hydrogens is 566 g/mol. The zero-order valence-electron chi connectivity index (χ0n) is 23.2. The molecule has 0 aliphatic heterocycles. The minimum atomic E-state index is -3.50. The van der Waals surface area contributed by atoms with E-state index in [2.05, 4.69) is 54.8 Å². The number of halogens is 2. The summed E-state index contributed by atoms with van der Waals surface area (Å²) < 4.78 is 53.0. The molecule has 0 unspecified atom stereocenters. The summed E-state index contributed by atoms with van der Waals surface area (Å²) in [5.74, 6) is 2.42. The molecule has 4 aromatic rings. The van der Waals surface area contributed by atoms with Gasteiger partial charge in [0.05, 0.1) is 28.9 Å². The lowest BCUT2D eigenvalue weighted by Crippen LogP contribution is -2.35. The summed E-state index contributed by atoms with van der Waals surface area (Å²) in [6, 6.07) is 5.01. The van der Waals surface area contributed by atoms with Gasteiger partial charge >= 0.3 is 6.55 Å². The molecule has 222 valence electrons. The van der Waals surface area contributed by atoms with E-state index in [4.69, 9.17) is 0 Å². The van der Waals surface area contributed by atoms with Crippen molar-refractivity contribution < 1.29 is 17.2 Å². The Hall–Kier alpha value is -3.98. The number of hydrogen-bond donors (Lipinski definition) is 2. The average Bonchev–Trinajstić information content (AvgIpc) is 3.47. The molecular formula is C27H32F2N10O2S. The molecule has 15 heteroatoms. The van der Waals surface area contributed by atoms with E-state index in [0.717, 1.165) is 30.0 Å². The summed E-state index contributed by atoms with van der Waals surface area (Å²) >= 11 is 0. The maximum atomic E-state index is 13.2. The van der Waals surface area contributed by atoms with Gasteiger partial charge in [0.15, 0.2) is 5.82 Å². The quantitative estimate of drug-likeness (QED) is 0.246. The van der Waals surface area contributed by atoms with Crippen molar-refractivity contribution in [2.24, 2.45) is 11.8 Å². The van der Waals surface area contributed by atoms with E-state index < -0.39 is 16.6 Å². The molecule has 42 heavy (non-hydrogen) atoms. The second kappa shape index (κ2) is 11.4. The lowest BCUT2D eigenvalue weighted by molar-refractivity contribution is 0.0568. The number of aromatic nitrogens is 7. The van der Waals surface area contributed by atoms with Gasteiger partial charge in [-0.25, -0.2) is 28.1 Å². The first kappa shape index (κ1) is 28.2. The fourth-order valence-electron chi connectivity index (χ4n) is 5.20. The number of nitrogens with zero attached hydrogens (tertiary/aromatic N) is 8. The first-order valence-corrected chi connectivity index (χ1v) is 15.3. The van der Waals surface area contributed by atoms with Crippen LogP contribution in [-0.2, 0) is 10.0 Å². The molecule has 0 spiro atoms.